The molecule has 1 aromatic heterocycles. The Kier molecular flexibility index (Phi) is 4.90. The predicted octanol–water partition coefficient (Wildman–Crippen LogP) is 2.43. The molecule has 0 fully saturated rings. The number of hydrogen-bond donors (Lipinski definition) is 1. The van der Waals surface area contributed by atoms with Crippen LogP contribution >= 0.6 is 12.4 Å². The van der Waals surface area contributed by atoms with Crippen LogP contribution in [0.5, 0.6) is 0 Å². The lowest BCUT2D eigenvalue weighted by atomic mass is 10.3. The summed E-state index contributed by atoms with van der Waals surface area (Å²) in [4.78, 5) is 0. The van der Waals surface area contributed by atoms with E-state index in [0.717, 1.165) is 4.57 Å². The van der Waals surface area contributed by atoms with E-state index >= 15 is 0 Å². The molecule has 8 heteroatoms. The van der Waals surface area contributed by atoms with E-state index in [4.69, 9.17) is 0 Å². The third-order valence-electron chi connectivity index (χ3n) is 2.33. The maximum absolute atomic E-state index is 12.8. The molecule has 0 saturated carbocycles. The number of nitrogens with zero attached hydrogens (tertiary/aromatic N) is 3. The van der Waals surface area contributed by atoms with E-state index < -0.39 is 12.0 Å². The highest BCUT2D eigenvalue weighted by molar-refractivity contribution is 5.85. The van der Waals surface area contributed by atoms with E-state index in [1.165, 1.54) is 0 Å². The molecule has 4 nitrogen and oxygen atoms in total. The van der Waals surface area contributed by atoms with Crippen molar-refractivity contribution >= 4 is 12.4 Å². The molecule has 0 bridgehead atoms. The Morgan fingerprint density at radius 1 is 1.16 bits per heavy atom. The molecule has 0 atom stereocenters. The van der Waals surface area contributed by atoms with Gasteiger partial charge >= 0.3 is 6.18 Å². The normalized spacial score (nSPS) is 11.2. The summed E-state index contributed by atoms with van der Waals surface area (Å²) in [6.45, 7) is 0.206. The van der Waals surface area contributed by atoms with Crippen molar-refractivity contribution in [3.05, 3.63) is 42.0 Å². The predicted molar refractivity (Wildman–Crippen MR) is 66.4 cm³/mol. The summed E-state index contributed by atoms with van der Waals surface area (Å²) >= 11 is 0. The average Bonchev–Trinajstić information content (AvgIpc) is 2.74. The van der Waals surface area contributed by atoms with Crippen LogP contribution < -0.4 is 5.32 Å². The van der Waals surface area contributed by atoms with E-state index in [9.17, 15) is 13.2 Å². The van der Waals surface area contributed by atoms with Crippen LogP contribution in [-0.2, 0) is 12.7 Å². The average molecular weight is 293 g/mol. The van der Waals surface area contributed by atoms with Crippen molar-refractivity contribution in [3.63, 3.8) is 0 Å². The van der Waals surface area contributed by atoms with Crippen molar-refractivity contribution in [1.29, 1.82) is 0 Å². The fraction of sp³-hybridized carbons (Fsp3) is 0.273. The third-order valence-corrected chi connectivity index (χ3v) is 2.33. The Morgan fingerprint density at radius 3 is 2.32 bits per heavy atom. The number of rotatable bonds is 3. The van der Waals surface area contributed by atoms with Gasteiger partial charge in [0.2, 0.25) is 5.82 Å². The van der Waals surface area contributed by atoms with Gasteiger partial charge in [-0.25, -0.2) is 0 Å². The smallest absolute Gasteiger partial charge is 0.313 e. The second-order valence-corrected chi connectivity index (χ2v) is 3.64. The SMILES string of the molecule is CNCc1nnc(C(F)(F)F)n1-c1ccccc1.Cl. The summed E-state index contributed by atoms with van der Waals surface area (Å²) in [6.07, 6.45) is -4.53. The number of benzene rings is 1. The molecule has 0 aliphatic rings. The zero-order chi connectivity index (χ0) is 13.2. The summed E-state index contributed by atoms with van der Waals surface area (Å²) in [7, 11) is 1.64. The van der Waals surface area contributed by atoms with Crippen LogP contribution in [0.1, 0.15) is 11.6 Å². The van der Waals surface area contributed by atoms with Gasteiger partial charge in [-0.3, -0.25) is 4.57 Å². The van der Waals surface area contributed by atoms with Crippen molar-refractivity contribution < 1.29 is 13.2 Å². The highest BCUT2D eigenvalue weighted by Gasteiger charge is 2.38. The molecule has 0 saturated heterocycles. The molecule has 2 aromatic rings. The lowest BCUT2D eigenvalue weighted by Gasteiger charge is -2.11. The molecule has 1 aromatic carbocycles. The molecule has 0 spiro atoms. The van der Waals surface area contributed by atoms with E-state index in [1.807, 2.05) is 0 Å². The fourth-order valence-electron chi connectivity index (χ4n) is 1.62. The van der Waals surface area contributed by atoms with E-state index in [-0.39, 0.29) is 24.8 Å². The van der Waals surface area contributed by atoms with Crippen LogP contribution in [0, 0.1) is 0 Å². The van der Waals surface area contributed by atoms with E-state index in [1.54, 1.807) is 37.4 Å². The Hall–Kier alpha value is -1.60. The first kappa shape index (κ1) is 15.5. The van der Waals surface area contributed by atoms with Gasteiger partial charge in [-0.1, -0.05) is 18.2 Å². The maximum atomic E-state index is 12.8. The molecule has 19 heavy (non-hydrogen) atoms. The lowest BCUT2D eigenvalue weighted by Crippen LogP contribution is -2.17. The van der Waals surface area contributed by atoms with Gasteiger partial charge in [-0.15, -0.1) is 22.6 Å². The molecule has 1 N–H and O–H groups in total. The van der Waals surface area contributed by atoms with Gasteiger partial charge in [-0.2, -0.15) is 13.2 Å². The van der Waals surface area contributed by atoms with Crippen LogP contribution in [0.25, 0.3) is 5.69 Å². The first-order valence-electron chi connectivity index (χ1n) is 5.25. The van der Waals surface area contributed by atoms with E-state index in [2.05, 4.69) is 15.5 Å². The number of alkyl halides is 3. The van der Waals surface area contributed by atoms with Crippen molar-refractivity contribution in [2.24, 2.45) is 0 Å². The zero-order valence-electron chi connectivity index (χ0n) is 9.98. The molecule has 0 amide bonds. The maximum Gasteiger partial charge on any atom is 0.452 e. The van der Waals surface area contributed by atoms with Crippen LogP contribution in [0.2, 0.25) is 0 Å². The van der Waals surface area contributed by atoms with Gasteiger partial charge < -0.3 is 5.32 Å². The summed E-state index contributed by atoms with van der Waals surface area (Å²) in [6, 6.07) is 8.23. The van der Waals surface area contributed by atoms with Crippen molar-refractivity contribution in [2.45, 2.75) is 12.7 Å². The van der Waals surface area contributed by atoms with Crippen molar-refractivity contribution in [2.75, 3.05) is 7.05 Å². The Labute approximate surface area is 114 Å². The second-order valence-electron chi connectivity index (χ2n) is 3.64. The zero-order valence-corrected chi connectivity index (χ0v) is 10.8. The van der Waals surface area contributed by atoms with Gasteiger partial charge in [0, 0.05) is 5.69 Å². The minimum absolute atomic E-state index is 0. The van der Waals surface area contributed by atoms with Gasteiger partial charge in [0.1, 0.15) is 0 Å². The lowest BCUT2D eigenvalue weighted by molar-refractivity contribution is -0.146. The molecule has 0 radical (unpaired) electrons. The largest absolute Gasteiger partial charge is 0.452 e. The molecule has 1 heterocycles. The fourth-order valence-corrected chi connectivity index (χ4v) is 1.62. The monoisotopic (exact) mass is 292 g/mol. The highest BCUT2D eigenvalue weighted by Crippen LogP contribution is 2.30. The number of aromatic nitrogens is 3. The van der Waals surface area contributed by atoms with Crippen LogP contribution in [0.4, 0.5) is 13.2 Å². The van der Waals surface area contributed by atoms with Gasteiger partial charge in [0.05, 0.1) is 6.54 Å². The van der Waals surface area contributed by atoms with Crippen LogP contribution in [0.3, 0.4) is 0 Å². The summed E-state index contributed by atoms with van der Waals surface area (Å²) in [5, 5.41) is 9.58. The molecule has 0 aliphatic heterocycles. The summed E-state index contributed by atoms with van der Waals surface area (Å²) in [5.74, 6) is -0.796. The molecule has 0 aliphatic carbocycles. The molecule has 2 rings (SSSR count). The minimum Gasteiger partial charge on any atom is -0.313 e. The quantitative estimate of drug-likeness (QED) is 0.945. The standard InChI is InChI=1S/C11H11F3N4.ClH/c1-15-7-9-16-17-10(11(12,13)14)18(9)8-5-3-2-4-6-8;/h2-6,15H,7H2,1H3;1H. The second kappa shape index (κ2) is 6.03. The Balaban J connectivity index is 0.00000180. The minimum atomic E-state index is -4.53. The molecular formula is C11H12ClF3N4. The summed E-state index contributed by atoms with van der Waals surface area (Å²) in [5.41, 5.74) is 0.389. The van der Waals surface area contributed by atoms with Crippen LogP contribution in [0.15, 0.2) is 30.3 Å². The Bertz CT molecular complexity index is 524. The molecular weight excluding hydrogens is 281 g/mol. The Morgan fingerprint density at radius 2 is 1.79 bits per heavy atom. The number of halogens is 4. The van der Waals surface area contributed by atoms with Gasteiger partial charge in [-0.05, 0) is 19.2 Å². The van der Waals surface area contributed by atoms with Crippen molar-refractivity contribution in [3.8, 4) is 5.69 Å². The number of hydrogen-bond acceptors (Lipinski definition) is 3. The topological polar surface area (TPSA) is 42.7 Å². The number of para-hydroxylation sites is 1. The van der Waals surface area contributed by atoms with Gasteiger partial charge in [0.25, 0.3) is 0 Å². The number of nitrogens with one attached hydrogen (secondary N) is 1. The van der Waals surface area contributed by atoms with Crippen LogP contribution in [-0.4, -0.2) is 21.8 Å². The highest BCUT2D eigenvalue weighted by atomic mass is 35.5. The van der Waals surface area contributed by atoms with Crippen molar-refractivity contribution in [1.82, 2.24) is 20.1 Å². The molecule has 0 unspecified atom stereocenters. The van der Waals surface area contributed by atoms with E-state index in [0.29, 0.717) is 5.69 Å². The summed E-state index contributed by atoms with van der Waals surface area (Å²) < 4.78 is 39.5. The van der Waals surface area contributed by atoms with Gasteiger partial charge in [0.15, 0.2) is 5.82 Å². The first-order valence-corrected chi connectivity index (χ1v) is 5.25. The first-order chi connectivity index (χ1) is 8.54. The third kappa shape index (κ3) is 3.24. The molecule has 104 valence electrons.